The predicted molar refractivity (Wildman–Crippen MR) is 40.5 cm³/mol. The molecule has 0 spiro atoms. The second-order valence-corrected chi connectivity index (χ2v) is 2.62. The lowest BCUT2D eigenvalue weighted by Gasteiger charge is -2.04. The molecule has 1 rings (SSSR count). The Kier molecular flexibility index (Phi) is 2.17. The predicted octanol–water partition coefficient (Wildman–Crippen LogP) is 0.723. The topological polar surface area (TPSA) is 63.6 Å². The van der Waals surface area contributed by atoms with Gasteiger partial charge in [-0.25, -0.2) is 4.79 Å². The lowest BCUT2D eigenvalue weighted by molar-refractivity contribution is -0.141. The fraction of sp³-hybridized carbons (Fsp3) is 0.500. The Morgan fingerprint density at radius 3 is 2.50 bits per heavy atom. The van der Waals surface area contributed by atoms with Gasteiger partial charge in [0, 0.05) is 0 Å². The smallest absolute Gasteiger partial charge is 0.346 e. The minimum Gasteiger partial charge on any atom is -0.507 e. The summed E-state index contributed by atoms with van der Waals surface area (Å²) in [4.78, 5) is 21.7. The molecule has 0 saturated heterocycles. The third-order valence-electron chi connectivity index (χ3n) is 1.74. The first-order valence-electron chi connectivity index (χ1n) is 3.73. The van der Waals surface area contributed by atoms with Gasteiger partial charge in [0.05, 0.1) is 0 Å². The summed E-state index contributed by atoms with van der Waals surface area (Å²) < 4.78 is 4.71. The van der Waals surface area contributed by atoms with Crippen LogP contribution in [0.2, 0.25) is 0 Å². The Balaban J connectivity index is 3.01. The molecule has 0 aliphatic carbocycles. The van der Waals surface area contributed by atoms with Crippen LogP contribution in [0.1, 0.15) is 20.3 Å². The average molecular weight is 170 g/mol. The Morgan fingerprint density at radius 2 is 2.25 bits per heavy atom. The van der Waals surface area contributed by atoms with Crippen molar-refractivity contribution >= 4 is 11.8 Å². The molecule has 0 aromatic carbocycles. The van der Waals surface area contributed by atoms with Crippen LogP contribution in [-0.2, 0) is 14.3 Å². The highest BCUT2D eigenvalue weighted by Gasteiger charge is 2.35. The van der Waals surface area contributed by atoms with E-state index in [0.717, 1.165) is 0 Å². The second-order valence-electron chi connectivity index (χ2n) is 2.62. The maximum absolute atomic E-state index is 10.9. The van der Waals surface area contributed by atoms with Crippen LogP contribution in [0, 0.1) is 0 Å². The van der Waals surface area contributed by atoms with Gasteiger partial charge < -0.3 is 9.84 Å². The van der Waals surface area contributed by atoms with E-state index in [1.54, 1.807) is 6.92 Å². The highest BCUT2D eigenvalue weighted by molar-refractivity contribution is 6.18. The van der Waals surface area contributed by atoms with Gasteiger partial charge in [0.25, 0.3) is 0 Å². The van der Waals surface area contributed by atoms with Crippen LogP contribution in [0.25, 0.3) is 0 Å². The number of ketones is 1. The molecule has 1 N–H and O–H groups in total. The molecule has 4 nitrogen and oxygen atoms in total. The molecule has 0 radical (unpaired) electrons. The molecule has 4 heteroatoms. The molecule has 0 bridgehead atoms. The number of ether oxygens (including phenoxy) is 1. The molecule has 0 unspecified atom stereocenters. The zero-order valence-electron chi connectivity index (χ0n) is 6.96. The molecule has 0 aromatic rings. The first kappa shape index (κ1) is 8.77. The monoisotopic (exact) mass is 170 g/mol. The van der Waals surface area contributed by atoms with Crippen molar-refractivity contribution in [2.75, 3.05) is 0 Å². The van der Waals surface area contributed by atoms with Crippen LogP contribution in [0.4, 0.5) is 0 Å². The molecule has 1 heterocycles. The number of hydrogen-bond acceptors (Lipinski definition) is 4. The number of esters is 1. The number of aliphatic hydroxyl groups excluding tert-OH is 1. The highest BCUT2D eigenvalue weighted by Crippen LogP contribution is 2.22. The van der Waals surface area contributed by atoms with Crippen LogP contribution >= 0.6 is 0 Å². The van der Waals surface area contributed by atoms with Crippen LogP contribution in [0.15, 0.2) is 11.3 Å². The zero-order valence-corrected chi connectivity index (χ0v) is 6.96. The number of carbonyl (C=O) groups is 2. The number of cyclic esters (lactones) is 1. The molecule has 1 aliphatic rings. The first-order chi connectivity index (χ1) is 5.57. The summed E-state index contributed by atoms with van der Waals surface area (Å²) in [5.41, 5.74) is -0.207. The minimum atomic E-state index is -0.716. The summed E-state index contributed by atoms with van der Waals surface area (Å²) in [6.07, 6.45) is -0.148. The van der Waals surface area contributed by atoms with Crippen LogP contribution in [-0.4, -0.2) is 23.0 Å². The lowest BCUT2D eigenvalue weighted by atomic mass is 10.1. The fourth-order valence-electron chi connectivity index (χ4n) is 1.11. The van der Waals surface area contributed by atoms with E-state index in [1.165, 1.54) is 6.92 Å². The van der Waals surface area contributed by atoms with Gasteiger partial charge in [-0.15, -0.1) is 0 Å². The summed E-state index contributed by atoms with van der Waals surface area (Å²) in [6, 6.07) is 0. The Bertz CT molecular complexity index is 264. The average Bonchev–Trinajstić information content (AvgIpc) is 2.25. The van der Waals surface area contributed by atoms with Crippen molar-refractivity contribution in [3.8, 4) is 0 Å². The maximum Gasteiger partial charge on any atom is 0.346 e. The van der Waals surface area contributed by atoms with E-state index in [2.05, 4.69) is 0 Å². The standard InChI is InChI=1S/C8H10O4/c1-3-5-7(10)6(4(2)9)8(11)12-5/h5,10H,3H2,1-2H3/t5-/m1/s1. The van der Waals surface area contributed by atoms with Gasteiger partial charge >= 0.3 is 5.97 Å². The number of carbonyl (C=O) groups excluding carboxylic acids is 2. The van der Waals surface area contributed by atoms with Crippen LogP contribution in [0.5, 0.6) is 0 Å². The number of Topliss-reactive ketones (excluding diaryl/α,β-unsaturated/α-hetero) is 1. The number of rotatable bonds is 2. The van der Waals surface area contributed by atoms with Crippen molar-refractivity contribution in [1.29, 1.82) is 0 Å². The molecule has 0 aromatic heterocycles. The van der Waals surface area contributed by atoms with Crippen molar-refractivity contribution in [2.24, 2.45) is 0 Å². The SMILES string of the molecule is CC[C@H]1OC(=O)C(C(C)=O)=C1O. The van der Waals surface area contributed by atoms with Gasteiger partial charge in [0.15, 0.2) is 17.6 Å². The van der Waals surface area contributed by atoms with Gasteiger partial charge in [-0.2, -0.15) is 0 Å². The molecule has 1 aliphatic heterocycles. The van der Waals surface area contributed by atoms with E-state index < -0.39 is 17.9 Å². The largest absolute Gasteiger partial charge is 0.507 e. The molecule has 1 atom stereocenters. The van der Waals surface area contributed by atoms with Crippen molar-refractivity contribution in [3.05, 3.63) is 11.3 Å². The third kappa shape index (κ3) is 1.20. The maximum atomic E-state index is 10.9. The molecule has 12 heavy (non-hydrogen) atoms. The van der Waals surface area contributed by atoms with Gasteiger partial charge in [-0.05, 0) is 13.3 Å². The highest BCUT2D eigenvalue weighted by atomic mass is 16.6. The Morgan fingerprint density at radius 1 is 1.67 bits per heavy atom. The minimum absolute atomic E-state index is 0.207. The molecule has 0 saturated carbocycles. The van der Waals surface area contributed by atoms with E-state index in [-0.39, 0.29) is 11.3 Å². The molecule has 66 valence electrons. The normalized spacial score (nSPS) is 22.8. The molecular formula is C8H10O4. The number of aliphatic hydroxyl groups is 1. The quantitative estimate of drug-likeness (QED) is 0.490. The second kappa shape index (κ2) is 2.97. The van der Waals surface area contributed by atoms with E-state index in [1.807, 2.05) is 0 Å². The van der Waals surface area contributed by atoms with Crippen LogP contribution < -0.4 is 0 Å². The summed E-state index contributed by atoms with van der Waals surface area (Å²) in [5, 5.41) is 9.30. The van der Waals surface area contributed by atoms with Crippen molar-refractivity contribution in [3.63, 3.8) is 0 Å². The van der Waals surface area contributed by atoms with E-state index in [0.29, 0.717) is 6.42 Å². The molecular weight excluding hydrogens is 160 g/mol. The Labute approximate surface area is 69.8 Å². The van der Waals surface area contributed by atoms with Gasteiger partial charge in [-0.3, -0.25) is 4.79 Å². The van der Waals surface area contributed by atoms with Crippen molar-refractivity contribution in [2.45, 2.75) is 26.4 Å². The van der Waals surface area contributed by atoms with Crippen molar-refractivity contribution < 1.29 is 19.4 Å². The van der Waals surface area contributed by atoms with E-state index in [4.69, 9.17) is 4.74 Å². The fourth-order valence-corrected chi connectivity index (χ4v) is 1.11. The molecule has 0 fully saturated rings. The van der Waals surface area contributed by atoms with Gasteiger partial charge in [0.1, 0.15) is 5.57 Å². The summed E-state index contributed by atoms with van der Waals surface area (Å²) in [6.45, 7) is 2.99. The third-order valence-corrected chi connectivity index (χ3v) is 1.74. The van der Waals surface area contributed by atoms with Crippen LogP contribution in [0.3, 0.4) is 0 Å². The first-order valence-corrected chi connectivity index (χ1v) is 3.73. The number of hydrogen-bond donors (Lipinski definition) is 1. The van der Waals surface area contributed by atoms with Gasteiger partial charge in [-0.1, -0.05) is 6.92 Å². The summed E-state index contributed by atoms with van der Waals surface area (Å²) in [5.74, 6) is -1.39. The summed E-state index contributed by atoms with van der Waals surface area (Å²) in [7, 11) is 0. The van der Waals surface area contributed by atoms with E-state index >= 15 is 0 Å². The molecule has 0 amide bonds. The van der Waals surface area contributed by atoms with Gasteiger partial charge in [0.2, 0.25) is 0 Å². The van der Waals surface area contributed by atoms with Crippen molar-refractivity contribution in [1.82, 2.24) is 0 Å². The summed E-state index contributed by atoms with van der Waals surface area (Å²) >= 11 is 0. The van der Waals surface area contributed by atoms with E-state index in [9.17, 15) is 14.7 Å². The zero-order chi connectivity index (χ0) is 9.30. The lowest BCUT2D eigenvalue weighted by Crippen LogP contribution is -2.09. The Hall–Kier alpha value is -1.32.